The Morgan fingerprint density at radius 3 is 2.46 bits per heavy atom. The first-order valence-corrected chi connectivity index (χ1v) is 9.27. The minimum absolute atomic E-state index is 0.0481. The van der Waals surface area contributed by atoms with Crippen LogP contribution in [0.5, 0.6) is 0 Å². The second-order valence-electron chi connectivity index (χ2n) is 5.26. The highest BCUT2D eigenvalue weighted by Gasteiger charge is 2.17. The van der Waals surface area contributed by atoms with Gasteiger partial charge in [0.05, 0.1) is 12.6 Å². The molecule has 24 heavy (non-hydrogen) atoms. The number of amides is 1. The number of carbonyl (C=O) groups is 1. The molecular formula is C19H17BrN2OS. The van der Waals surface area contributed by atoms with Crippen LogP contribution >= 0.6 is 27.3 Å². The molecule has 3 rings (SSSR count). The molecule has 1 aromatic heterocycles. The van der Waals surface area contributed by atoms with Crippen LogP contribution in [0.3, 0.4) is 0 Å². The average Bonchev–Trinajstić information content (AvgIpc) is 3.14. The van der Waals surface area contributed by atoms with Crippen molar-refractivity contribution in [2.75, 3.05) is 11.9 Å². The summed E-state index contributed by atoms with van der Waals surface area (Å²) < 4.78 is 0.940. The molecule has 0 unspecified atom stereocenters. The second-order valence-corrected chi connectivity index (χ2v) is 7.09. The Balaban J connectivity index is 1.69. The van der Waals surface area contributed by atoms with Crippen LogP contribution in [0.2, 0.25) is 0 Å². The van der Waals surface area contributed by atoms with Crippen LogP contribution in [0.15, 0.2) is 76.6 Å². The number of anilines is 1. The predicted octanol–water partition coefficient (Wildman–Crippen LogP) is 4.83. The van der Waals surface area contributed by atoms with Crippen molar-refractivity contribution < 1.29 is 4.79 Å². The van der Waals surface area contributed by atoms with Crippen LogP contribution in [0, 0.1) is 0 Å². The van der Waals surface area contributed by atoms with E-state index in [0.717, 1.165) is 20.6 Å². The number of thiophene rings is 1. The molecule has 3 aromatic rings. The van der Waals surface area contributed by atoms with Gasteiger partial charge in [-0.2, -0.15) is 0 Å². The summed E-state index contributed by atoms with van der Waals surface area (Å²) in [6, 6.07) is 21.7. The summed E-state index contributed by atoms with van der Waals surface area (Å²) in [6.45, 7) is 0.220. The third-order valence-electron chi connectivity index (χ3n) is 3.58. The standard InChI is InChI=1S/C19H17BrN2OS/c20-15-9-4-5-10-16(15)21-13-18(23)22-19(17-11-6-12-24-17)14-7-2-1-3-8-14/h1-12,19,21H,13H2,(H,22,23)/t19-/m0/s1. The molecule has 0 aliphatic rings. The normalized spacial score (nSPS) is 11.7. The van der Waals surface area contributed by atoms with E-state index in [1.54, 1.807) is 11.3 Å². The van der Waals surface area contributed by atoms with E-state index in [-0.39, 0.29) is 18.5 Å². The summed E-state index contributed by atoms with van der Waals surface area (Å²) >= 11 is 5.12. The molecular weight excluding hydrogens is 384 g/mol. The number of benzene rings is 2. The van der Waals surface area contributed by atoms with Crippen LogP contribution in [-0.2, 0) is 4.79 Å². The Kier molecular flexibility index (Phi) is 5.67. The minimum atomic E-state index is -0.125. The fraction of sp³-hybridized carbons (Fsp3) is 0.105. The molecule has 0 spiro atoms. The smallest absolute Gasteiger partial charge is 0.240 e. The maximum absolute atomic E-state index is 12.4. The molecule has 0 bridgehead atoms. The van der Waals surface area contributed by atoms with E-state index in [1.807, 2.05) is 72.1 Å². The first-order valence-electron chi connectivity index (χ1n) is 7.60. The summed E-state index contributed by atoms with van der Waals surface area (Å²) in [4.78, 5) is 13.5. The summed E-state index contributed by atoms with van der Waals surface area (Å²) in [5, 5.41) is 8.30. The van der Waals surface area contributed by atoms with E-state index in [2.05, 4.69) is 26.6 Å². The average molecular weight is 401 g/mol. The molecule has 5 heteroatoms. The van der Waals surface area contributed by atoms with Gasteiger partial charge in [0.1, 0.15) is 0 Å². The van der Waals surface area contributed by atoms with Gasteiger partial charge in [-0.05, 0) is 45.1 Å². The zero-order valence-electron chi connectivity index (χ0n) is 12.9. The van der Waals surface area contributed by atoms with Crippen molar-refractivity contribution in [1.82, 2.24) is 5.32 Å². The molecule has 2 aromatic carbocycles. The molecule has 1 atom stereocenters. The fourth-order valence-corrected chi connectivity index (χ4v) is 3.64. The molecule has 2 N–H and O–H groups in total. The molecule has 0 radical (unpaired) electrons. The van der Waals surface area contributed by atoms with Gasteiger partial charge in [0.15, 0.2) is 0 Å². The summed E-state index contributed by atoms with van der Waals surface area (Å²) in [7, 11) is 0. The Morgan fingerprint density at radius 1 is 1.00 bits per heavy atom. The van der Waals surface area contributed by atoms with Crippen molar-refractivity contribution in [2.24, 2.45) is 0 Å². The van der Waals surface area contributed by atoms with E-state index in [0.29, 0.717) is 0 Å². The lowest BCUT2D eigenvalue weighted by molar-refractivity contribution is -0.119. The molecule has 1 heterocycles. The maximum Gasteiger partial charge on any atom is 0.240 e. The Labute approximate surface area is 153 Å². The van der Waals surface area contributed by atoms with Crippen molar-refractivity contribution in [3.63, 3.8) is 0 Å². The van der Waals surface area contributed by atoms with E-state index in [4.69, 9.17) is 0 Å². The van der Waals surface area contributed by atoms with Gasteiger partial charge in [-0.25, -0.2) is 0 Å². The fourth-order valence-electron chi connectivity index (χ4n) is 2.41. The van der Waals surface area contributed by atoms with Gasteiger partial charge in [-0.1, -0.05) is 48.5 Å². The van der Waals surface area contributed by atoms with Crippen molar-refractivity contribution in [3.8, 4) is 0 Å². The summed E-state index contributed by atoms with van der Waals surface area (Å²) in [5.74, 6) is -0.0481. The van der Waals surface area contributed by atoms with Gasteiger partial charge in [-0.15, -0.1) is 11.3 Å². The van der Waals surface area contributed by atoms with Crippen LogP contribution in [0.1, 0.15) is 16.5 Å². The third-order valence-corrected chi connectivity index (χ3v) is 5.21. The number of nitrogens with one attached hydrogen (secondary N) is 2. The van der Waals surface area contributed by atoms with Gasteiger partial charge in [0.25, 0.3) is 0 Å². The minimum Gasteiger partial charge on any atom is -0.375 e. The molecule has 1 amide bonds. The summed E-state index contributed by atoms with van der Waals surface area (Å²) in [5.41, 5.74) is 1.98. The highest BCUT2D eigenvalue weighted by atomic mass is 79.9. The zero-order valence-corrected chi connectivity index (χ0v) is 15.3. The molecule has 0 fully saturated rings. The number of halogens is 1. The van der Waals surface area contributed by atoms with Crippen molar-refractivity contribution in [1.29, 1.82) is 0 Å². The first-order chi connectivity index (χ1) is 11.7. The SMILES string of the molecule is O=C(CNc1ccccc1Br)N[C@@H](c1ccccc1)c1cccs1. The molecule has 3 nitrogen and oxygen atoms in total. The molecule has 0 aliphatic carbocycles. The molecule has 0 saturated carbocycles. The topological polar surface area (TPSA) is 41.1 Å². The summed E-state index contributed by atoms with van der Waals surface area (Å²) in [6.07, 6.45) is 0. The first kappa shape index (κ1) is 16.7. The number of hydrogen-bond donors (Lipinski definition) is 2. The van der Waals surface area contributed by atoms with E-state index >= 15 is 0 Å². The lowest BCUT2D eigenvalue weighted by atomic mass is 10.1. The molecule has 0 aliphatic heterocycles. The van der Waals surface area contributed by atoms with Crippen LogP contribution in [0.25, 0.3) is 0 Å². The van der Waals surface area contributed by atoms with E-state index in [9.17, 15) is 4.79 Å². The van der Waals surface area contributed by atoms with Crippen molar-refractivity contribution in [2.45, 2.75) is 6.04 Å². The number of hydrogen-bond acceptors (Lipinski definition) is 3. The van der Waals surface area contributed by atoms with Gasteiger partial charge in [0.2, 0.25) is 5.91 Å². The highest BCUT2D eigenvalue weighted by molar-refractivity contribution is 9.10. The highest BCUT2D eigenvalue weighted by Crippen LogP contribution is 2.26. The Hall–Kier alpha value is -2.11. The monoisotopic (exact) mass is 400 g/mol. The predicted molar refractivity (Wildman–Crippen MR) is 103 cm³/mol. The largest absolute Gasteiger partial charge is 0.375 e. The van der Waals surface area contributed by atoms with Crippen LogP contribution in [-0.4, -0.2) is 12.5 Å². The number of para-hydroxylation sites is 1. The lowest BCUT2D eigenvalue weighted by Crippen LogP contribution is -2.33. The van der Waals surface area contributed by atoms with Crippen molar-refractivity contribution in [3.05, 3.63) is 87.0 Å². The van der Waals surface area contributed by atoms with Crippen molar-refractivity contribution >= 4 is 38.9 Å². The third kappa shape index (κ3) is 4.24. The molecule has 122 valence electrons. The van der Waals surface area contributed by atoms with Gasteiger partial charge >= 0.3 is 0 Å². The number of carbonyl (C=O) groups excluding carboxylic acids is 1. The Morgan fingerprint density at radius 2 is 1.75 bits per heavy atom. The maximum atomic E-state index is 12.4. The second kappa shape index (κ2) is 8.13. The lowest BCUT2D eigenvalue weighted by Gasteiger charge is -2.18. The van der Waals surface area contributed by atoms with Crippen LogP contribution < -0.4 is 10.6 Å². The number of rotatable bonds is 6. The van der Waals surface area contributed by atoms with Gasteiger partial charge < -0.3 is 10.6 Å². The Bertz CT molecular complexity index is 790. The van der Waals surface area contributed by atoms with E-state index in [1.165, 1.54) is 0 Å². The quantitative estimate of drug-likeness (QED) is 0.621. The molecule has 0 saturated heterocycles. The van der Waals surface area contributed by atoms with Gasteiger partial charge in [0, 0.05) is 15.0 Å². The van der Waals surface area contributed by atoms with E-state index < -0.39 is 0 Å². The van der Waals surface area contributed by atoms with Crippen LogP contribution in [0.4, 0.5) is 5.69 Å². The zero-order chi connectivity index (χ0) is 16.8. The van der Waals surface area contributed by atoms with Gasteiger partial charge in [-0.3, -0.25) is 4.79 Å².